The molecule has 7 nitrogen and oxygen atoms in total. The van der Waals surface area contributed by atoms with E-state index < -0.39 is 0 Å². The summed E-state index contributed by atoms with van der Waals surface area (Å²) in [6, 6.07) is 1.70. The van der Waals surface area contributed by atoms with Gasteiger partial charge in [0.1, 0.15) is 5.52 Å². The van der Waals surface area contributed by atoms with Gasteiger partial charge in [0.05, 0.1) is 24.6 Å². The van der Waals surface area contributed by atoms with E-state index in [1.165, 1.54) is 0 Å². The first kappa shape index (κ1) is 10.6. The molecule has 0 bridgehead atoms. The van der Waals surface area contributed by atoms with E-state index >= 15 is 0 Å². The van der Waals surface area contributed by atoms with Crippen LogP contribution in [0.1, 0.15) is 0 Å². The van der Waals surface area contributed by atoms with Crippen LogP contribution in [0.3, 0.4) is 0 Å². The molecular weight excluding hydrogens is 232 g/mol. The standard InChI is InChI=1S/C11H12N6O/c12-9-7-14-16(8-9)5-3-15-4-6-17-10(11(15)18)1-2-13-17/h1-2,4,6-8H,3,5,12H2. The number of hydrogen-bond donors (Lipinski definition) is 1. The summed E-state index contributed by atoms with van der Waals surface area (Å²) in [5.41, 5.74) is 6.70. The summed E-state index contributed by atoms with van der Waals surface area (Å²) < 4.78 is 4.90. The summed E-state index contributed by atoms with van der Waals surface area (Å²) in [6.45, 7) is 1.14. The molecule has 3 aromatic heterocycles. The third-order valence-corrected chi connectivity index (χ3v) is 2.76. The molecule has 0 aliphatic heterocycles. The maximum Gasteiger partial charge on any atom is 0.276 e. The number of fused-ring (bicyclic) bond motifs is 1. The van der Waals surface area contributed by atoms with Gasteiger partial charge < -0.3 is 10.3 Å². The molecule has 18 heavy (non-hydrogen) atoms. The molecule has 0 spiro atoms. The molecular formula is C11H12N6O. The zero-order chi connectivity index (χ0) is 12.5. The Kier molecular flexibility index (Phi) is 2.36. The van der Waals surface area contributed by atoms with Crippen LogP contribution in [0.15, 0.2) is 41.8 Å². The largest absolute Gasteiger partial charge is 0.396 e. The lowest BCUT2D eigenvalue weighted by Gasteiger charge is -2.06. The minimum atomic E-state index is -0.0601. The van der Waals surface area contributed by atoms with E-state index in [9.17, 15) is 4.79 Å². The van der Waals surface area contributed by atoms with Crippen LogP contribution in [-0.2, 0) is 13.1 Å². The molecule has 3 heterocycles. The van der Waals surface area contributed by atoms with Crippen molar-refractivity contribution in [3.63, 3.8) is 0 Å². The normalized spacial score (nSPS) is 11.1. The predicted molar refractivity (Wildman–Crippen MR) is 66.1 cm³/mol. The maximum absolute atomic E-state index is 12.1. The Balaban J connectivity index is 1.86. The third kappa shape index (κ3) is 1.75. The SMILES string of the molecule is Nc1cnn(CCn2ccn3nccc3c2=O)c1. The summed E-state index contributed by atoms with van der Waals surface area (Å²) in [4.78, 5) is 12.1. The number of aryl methyl sites for hydroxylation is 2. The molecule has 0 radical (unpaired) electrons. The van der Waals surface area contributed by atoms with Gasteiger partial charge in [-0.05, 0) is 6.07 Å². The molecule has 0 atom stereocenters. The molecule has 0 aliphatic rings. The van der Waals surface area contributed by atoms with E-state index in [0.29, 0.717) is 24.3 Å². The topological polar surface area (TPSA) is 83.1 Å². The Hall–Kier alpha value is -2.57. The number of nitrogens with two attached hydrogens (primary N) is 1. The van der Waals surface area contributed by atoms with Gasteiger partial charge in [-0.15, -0.1) is 0 Å². The molecule has 0 unspecified atom stereocenters. The van der Waals surface area contributed by atoms with Crippen LogP contribution in [0.4, 0.5) is 5.69 Å². The molecule has 2 N–H and O–H groups in total. The second kappa shape index (κ2) is 4.02. The van der Waals surface area contributed by atoms with E-state index in [2.05, 4.69) is 10.2 Å². The number of hydrogen-bond acceptors (Lipinski definition) is 4. The van der Waals surface area contributed by atoms with E-state index in [1.54, 1.807) is 50.8 Å². The van der Waals surface area contributed by atoms with Crippen LogP contribution in [0.25, 0.3) is 5.52 Å². The van der Waals surface area contributed by atoms with E-state index in [-0.39, 0.29) is 5.56 Å². The van der Waals surface area contributed by atoms with Crippen LogP contribution in [0, 0.1) is 0 Å². The fourth-order valence-corrected chi connectivity index (χ4v) is 1.85. The molecule has 92 valence electrons. The monoisotopic (exact) mass is 244 g/mol. The number of aromatic nitrogens is 5. The Morgan fingerprint density at radius 1 is 1.22 bits per heavy atom. The second-order valence-electron chi connectivity index (χ2n) is 3.99. The highest BCUT2D eigenvalue weighted by Crippen LogP contribution is 1.99. The number of rotatable bonds is 3. The van der Waals surface area contributed by atoms with Crippen molar-refractivity contribution in [1.29, 1.82) is 0 Å². The molecule has 0 aromatic carbocycles. The molecule has 0 aliphatic carbocycles. The minimum Gasteiger partial charge on any atom is -0.396 e. The minimum absolute atomic E-state index is 0.0601. The van der Waals surface area contributed by atoms with Crippen molar-refractivity contribution in [2.45, 2.75) is 13.1 Å². The van der Waals surface area contributed by atoms with Crippen molar-refractivity contribution < 1.29 is 0 Å². The van der Waals surface area contributed by atoms with Crippen molar-refractivity contribution >= 4 is 11.2 Å². The molecule has 0 fully saturated rings. The van der Waals surface area contributed by atoms with Gasteiger partial charge in [0.25, 0.3) is 5.56 Å². The van der Waals surface area contributed by atoms with Gasteiger partial charge in [-0.3, -0.25) is 9.48 Å². The van der Waals surface area contributed by atoms with Gasteiger partial charge in [0, 0.05) is 25.1 Å². The second-order valence-corrected chi connectivity index (χ2v) is 3.99. The Labute approximate surface area is 102 Å². The average Bonchev–Trinajstić information content (AvgIpc) is 2.97. The fourth-order valence-electron chi connectivity index (χ4n) is 1.85. The van der Waals surface area contributed by atoms with Gasteiger partial charge >= 0.3 is 0 Å². The van der Waals surface area contributed by atoms with Crippen LogP contribution < -0.4 is 11.3 Å². The Bertz CT molecular complexity index is 737. The number of anilines is 1. The summed E-state index contributed by atoms with van der Waals surface area (Å²) in [5, 5.41) is 8.08. The molecule has 3 aromatic rings. The van der Waals surface area contributed by atoms with Gasteiger partial charge in [0.15, 0.2) is 0 Å². The highest BCUT2D eigenvalue weighted by Gasteiger charge is 2.03. The lowest BCUT2D eigenvalue weighted by Crippen LogP contribution is -2.23. The Morgan fingerprint density at radius 2 is 2.11 bits per heavy atom. The van der Waals surface area contributed by atoms with Crippen molar-refractivity contribution in [2.24, 2.45) is 0 Å². The van der Waals surface area contributed by atoms with Crippen LogP contribution in [0.2, 0.25) is 0 Å². The van der Waals surface area contributed by atoms with Gasteiger partial charge in [-0.1, -0.05) is 0 Å². The summed E-state index contributed by atoms with van der Waals surface area (Å²) in [7, 11) is 0. The highest BCUT2D eigenvalue weighted by atomic mass is 16.1. The quantitative estimate of drug-likeness (QED) is 0.701. The van der Waals surface area contributed by atoms with E-state index in [0.717, 1.165) is 0 Å². The number of nitrogens with zero attached hydrogens (tertiary/aromatic N) is 5. The van der Waals surface area contributed by atoms with Crippen molar-refractivity contribution in [3.8, 4) is 0 Å². The first-order valence-electron chi connectivity index (χ1n) is 5.55. The molecule has 0 amide bonds. The van der Waals surface area contributed by atoms with Crippen LogP contribution >= 0.6 is 0 Å². The first-order chi connectivity index (χ1) is 8.74. The first-order valence-corrected chi connectivity index (χ1v) is 5.55. The highest BCUT2D eigenvalue weighted by molar-refractivity contribution is 5.42. The smallest absolute Gasteiger partial charge is 0.276 e. The summed E-state index contributed by atoms with van der Waals surface area (Å²) in [6.07, 6.45) is 8.41. The maximum atomic E-state index is 12.1. The van der Waals surface area contributed by atoms with E-state index in [4.69, 9.17) is 5.73 Å². The van der Waals surface area contributed by atoms with Crippen molar-refractivity contribution in [3.05, 3.63) is 47.4 Å². The van der Waals surface area contributed by atoms with Crippen molar-refractivity contribution in [2.75, 3.05) is 5.73 Å². The van der Waals surface area contributed by atoms with E-state index in [1.807, 2.05) is 0 Å². The van der Waals surface area contributed by atoms with Gasteiger partial charge in [-0.2, -0.15) is 10.2 Å². The zero-order valence-electron chi connectivity index (χ0n) is 9.60. The molecule has 0 saturated heterocycles. The van der Waals surface area contributed by atoms with Gasteiger partial charge in [-0.25, -0.2) is 4.52 Å². The zero-order valence-corrected chi connectivity index (χ0v) is 9.60. The van der Waals surface area contributed by atoms with Crippen LogP contribution in [-0.4, -0.2) is 24.0 Å². The molecule has 0 saturated carbocycles. The lowest BCUT2D eigenvalue weighted by atomic mass is 10.5. The lowest BCUT2D eigenvalue weighted by molar-refractivity contribution is 0.522. The van der Waals surface area contributed by atoms with Crippen molar-refractivity contribution in [1.82, 2.24) is 24.0 Å². The molecule has 7 heteroatoms. The third-order valence-electron chi connectivity index (χ3n) is 2.76. The fraction of sp³-hybridized carbons (Fsp3) is 0.182. The number of nitrogen functional groups attached to an aromatic ring is 1. The Morgan fingerprint density at radius 3 is 2.89 bits per heavy atom. The summed E-state index contributed by atoms with van der Waals surface area (Å²) in [5.74, 6) is 0. The average molecular weight is 244 g/mol. The molecule has 3 rings (SSSR count). The predicted octanol–water partition coefficient (Wildman–Crippen LogP) is -0.0251. The summed E-state index contributed by atoms with van der Waals surface area (Å²) >= 11 is 0. The van der Waals surface area contributed by atoms with Gasteiger partial charge in [0.2, 0.25) is 0 Å². The van der Waals surface area contributed by atoms with Crippen LogP contribution in [0.5, 0.6) is 0 Å².